The van der Waals surface area contributed by atoms with Gasteiger partial charge in [0, 0.05) is 6.54 Å². The van der Waals surface area contributed by atoms with Crippen molar-refractivity contribution < 1.29 is 4.52 Å². The van der Waals surface area contributed by atoms with Gasteiger partial charge in [-0.25, -0.2) is 10.8 Å². The first-order valence-electron chi connectivity index (χ1n) is 4.37. The summed E-state index contributed by atoms with van der Waals surface area (Å²) in [5.41, 5.74) is 2.45. The monoisotopic (exact) mass is 198 g/mol. The number of hydrazine groups is 1. The van der Waals surface area contributed by atoms with Crippen LogP contribution >= 0.6 is 0 Å². The Hall–Kier alpha value is -1.63. The molecule has 78 valence electrons. The molecule has 1 aromatic heterocycles. The van der Waals surface area contributed by atoms with Crippen LogP contribution in [-0.2, 0) is 6.54 Å². The first-order valence-corrected chi connectivity index (χ1v) is 4.37. The first-order chi connectivity index (χ1) is 6.86. The van der Waals surface area contributed by atoms with Crippen LogP contribution < -0.4 is 16.6 Å². The van der Waals surface area contributed by atoms with Gasteiger partial charge < -0.3 is 9.84 Å². The molecule has 0 atom stereocenters. The van der Waals surface area contributed by atoms with Crippen LogP contribution in [0.15, 0.2) is 15.9 Å². The molecule has 1 rings (SSSR count). The zero-order valence-corrected chi connectivity index (χ0v) is 8.03. The average molecular weight is 198 g/mol. The van der Waals surface area contributed by atoms with Crippen molar-refractivity contribution in [3.05, 3.63) is 12.2 Å². The lowest BCUT2D eigenvalue weighted by Crippen LogP contribution is -2.41. The second-order valence-electron chi connectivity index (χ2n) is 2.58. The number of nitrogens with zero attached hydrogens (tertiary/aromatic N) is 3. The van der Waals surface area contributed by atoms with Gasteiger partial charge in [0.15, 0.2) is 5.82 Å². The van der Waals surface area contributed by atoms with Crippen molar-refractivity contribution in [2.24, 2.45) is 10.8 Å². The Balaban J connectivity index is 2.39. The minimum atomic E-state index is 0.340. The van der Waals surface area contributed by atoms with Gasteiger partial charge in [-0.1, -0.05) is 12.1 Å². The van der Waals surface area contributed by atoms with E-state index < -0.39 is 0 Å². The van der Waals surface area contributed by atoms with E-state index in [1.165, 1.54) is 6.39 Å². The topological polar surface area (TPSA) is 101 Å². The summed E-state index contributed by atoms with van der Waals surface area (Å²) in [6.07, 6.45) is 2.27. The van der Waals surface area contributed by atoms with E-state index in [0.717, 1.165) is 13.0 Å². The lowest BCUT2D eigenvalue weighted by Gasteiger charge is -2.06. The number of hydrogen-bond donors (Lipinski definition) is 3. The largest absolute Gasteiger partial charge is 0.355 e. The molecule has 14 heavy (non-hydrogen) atoms. The number of aromatic nitrogens is 2. The molecule has 0 aromatic carbocycles. The molecule has 0 spiro atoms. The molecule has 0 aliphatic heterocycles. The molecule has 0 radical (unpaired) electrons. The highest BCUT2D eigenvalue weighted by atomic mass is 16.5. The van der Waals surface area contributed by atoms with Crippen molar-refractivity contribution in [1.82, 2.24) is 20.9 Å². The van der Waals surface area contributed by atoms with E-state index in [1.807, 2.05) is 0 Å². The molecular formula is C7H14N6O. The summed E-state index contributed by atoms with van der Waals surface area (Å²) in [4.78, 5) is 7.93. The summed E-state index contributed by atoms with van der Waals surface area (Å²) < 4.78 is 4.56. The van der Waals surface area contributed by atoms with Gasteiger partial charge >= 0.3 is 0 Å². The zero-order valence-electron chi connectivity index (χ0n) is 8.03. The molecule has 7 nitrogen and oxygen atoms in total. The quantitative estimate of drug-likeness (QED) is 0.258. The lowest BCUT2D eigenvalue weighted by molar-refractivity contribution is 0.410. The predicted octanol–water partition coefficient (Wildman–Crippen LogP) is -0.611. The molecule has 1 heterocycles. The van der Waals surface area contributed by atoms with Crippen LogP contribution in [0.1, 0.15) is 19.2 Å². The Morgan fingerprint density at radius 2 is 2.57 bits per heavy atom. The summed E-state index contributed by atoms with van der Waals surface area (Å²) in [5.74, 6) is 6.29. The van der Waals surface area contributed by atoms with E-state index in [-0.39, 0.29) is 0 Å². The number of guanidine groups is 1. The third-order valence-corrected chi connectivity index (χ3v) is 1.46. The Morgan fingerprint density at radius 1 is 1.71 bits per heavy atom. The first kappa shape index (κ1) is 10.5. The second kappa shape index (κ2) is 5.92. The third-order valence-electron chi connectivity index (χ3n) is 1.46. The van der Waals surface area contributed by atoms with Gasteiger partial charge in [-0.3, -0.25) is 5.43 Å². The van der Waals surface area contributed by atoms with E-state index in [9.17, 15) is 0 Å². The lowest BCUT2D eigenvalue weighted by atomic mass is 10.5. The molecule has 0 fully saturated rings. The molecule has 1 aromatic rings. The molecule has 0 bridgehead atoms. The number of nitrogens with one attached hydrogen (secondary N) is 2. The highest BCUT2D eigenvalue weighted by molar-refractivity contribution is 5.78. The molecule has 0 saturated carbocycles. The van der Waals surface area contributed by atoms with E-state index in [4.69, 9.17) is 5.84 Å². The van der Waals surface area contributed by atoms with Crippen molar-refractivity contribution in [2.45, 2.75) is 19.9 Å². The molecule has 0 saturated heterocycles. The average Bonchev–Trinajstić information content (AvgIpc) is 2.71. The fraction of sp³-hybridized carbons (Fsp3) is 0.571. The number of rotatable bonds is 4. The van der Waals surface area contributed by atoms with Crippen LogP contribution in [0.2, 0.25) is 0 Å². The minimum Gasteiger partial charge on any atom is -0.355 e. The molecule has 0 amide bonds. The fourth-order valence-corrected chi connectivity index (χ4v) is 0.808. The van der Waals surface area contributed by atoms with Crippen molar-refractivity contribution in [2.75, 3.05) is 6.54 Å². The fourth-order valence-electron chi connectivity index (χ4n) is 0.808. The maximum absolute atomic E-state index is 5.25. The summed E-state index contributed by atoms with van der Waals surface area (Å²) >= 11 is 0. The van der Waals surface area contributed by atoms with Gasteiger partial charge in [0.05, 0.1) is 0 Å². The molecular weight excluding hydrogens is 184 g/mol. The highest BCUT2D eigenvalue weighted by Gasteiger charge is 1.98. The van der Waals surface area contributed by atoms with Crippen LogP contribution in [0.4, 0.5) is 0 Å². The van der Waals surface area contributed by atoms with Crippen LogP contribution in [0, 0.1) is 0 Å². The van der Waals surface area contributed by atoms with Gasteiger partial charge in [0.25, 0.3) is 0 Å². The molecule has 7 heteroatoms. The summed E-state index contributed by atoms with van der Waals surface area (Å²) in [6, 6.07) is 0. The third kappa shape index (κ3) is 3.40. The van der Waals surface area contributed by atoms with Gasteiger partial charge in [0.2, 0.25) is 12.4 Å². The van der Waals surface area contributed by atoms with Crippen molar-refractivity contribution in [3.8, 4) is 0 Å². The number of nitrogens with two attached hydrogens (primary N) is 1. The van der Waals surface area contributed by atoms with E-state index in [1.54, 1.807) is 0 Å². The normalized spacial score (nSPS) is 11.4. The van der Waals surface area contributed by atoms with Crippen molar-refractivity contribution in [3.63, 3.8) is 0 Å². The molecule has 0 aliphatic rings. The van der Waals surface area contributed by atoms with Crippen LogP contribution in [0.5, 0.6) is 0 Å². The summed E-state index contributed by atoms with van der Waals surface area (Å²) in [5, 5.41) is 6.62. The summed E-state index contributed by atoms with van der Waals surface area (Å²) in [7, 11) is 0. The highest BCUT2D eigenvalue weighted by Crippen LogP contribution is 1.90. The molecule has 0 aliphatic carbocycles. The van der Waals surface area contributed by atoms with Crippen LogP contribution in [0.3, 0.4) is 0 Å². The summed E-state index contributed by atoms with van der Waals surface area (Å²) in [6.45, 7) is 3.21. The van der Waals surface area contributed by atoms with E-state index in [2.05, 4.69) is 37.3 Å². The standard InChI is InChI=1S/C7H14N6O/c1-2-3-9-7(12-8)10-4-6-11-5-14-13-6/h5H,2-4,8H2,1H3,(H2,9,10,12). The Morgan fingerprint density at radius 3 is 3.14 bits per heavy atom. The maximum Gasteiger partial charge on any atom is 0.213 e. The smallest absolute Gasteiger partial charge is 0.213 e. The van der Waals surface area contributed by atoms with Gasteiger partial charge in [-0.2, -0.15) is 4.98 Å². The van der Waals surface area contributed by atoms with Crippen molar-refractivity contribution >= 4 is 5.96 Å². The molecule has 4 N–H and O–H groups in total. The Labute approximate surface area is 81.7 Å². The van der Waals surface area contributed by atoms with E-state index in [0.29, 0.717) is 18.3 Å². The number of aliphatic imine (C=N–C) groups is 1. The predicted molar refractivity (Wildman–Crippen MR) is 51.1 cm³/mol. The van der Waals surface area contributed by atoms with Gasteiger partial charge in [0.1, 0.15) is 6.54 Å². The van der Waals surface area contributed by atoms with E-state index >= 15 is 0 Å². The SMILES string of the molecule is CCCNC(=NCc1ncon1)NN. The van der Waals surface area contributed by atoms with Gasteiger partial charge in [-0.05, 0) is 6.42 Å². The second-order valence-corrected chi connectivity index (χ2v) is 2.58. The van der Waals surface area contributed by atoms with Gasteiger partial charge in [-0.15, -0.1) is 0 Å². The van der Waals surface area contributed by atoms with Crippen molar-refractivity contribution in [1.29, 1.82) is 0 Å². The van der Waals surface area contributed by atoms with Crippen LogP contribution in [0.25, 0.3) is 0 Å². The zero-order chi connectivity index (χ0) is 10.2. The number of hydrogen-bond acceptors (Lipinski definition) is 5. The Kier molecular flexibility index (Phi) is 4.42. The maximum atomic E-state index is 5.25. The molecule has 0 unspecified atom stereocenters. The van der Waals surface area contributed by atoms with Crippen LogP contribution in [-0.4, -0.2) is 22.6 Å². The minimum absolute atomic E-state index is 0.340. The Bertz CT molecular complexity index is 270.